The van der Waals surface area contributed by atoms with Crippen LogP contribution in [0.2, 0.25) is 0 Å². The fraction of sp³-hybridized carbons (Fsp3) is 0.600. The van der Waals surface area contributed by atoms with Crippen LogP contribution in [0.5, 0.6) is 0 Å². The van der Waals surface area contributed by atoms with Gasteiger partial charge < -0.3 is 10.2 Å². The molecule has 0 aliphatic carbocycles. The molecule has 0 heterocycles. The maximum absolute atomic E-state index is 8.72. The predicted octanol–water partition coefficient (Wildman–Crippen LogP) is 8.80. The van der Waals surface area contributed by atoms with Crippen LogP contribution in [0.4, 0.5) is 0 Å². The fourth-order valence-corrected chi connectivity index (χ4v) is 2.99. The molecule has 2 nitrogen and oxygen atoms in total. The molecule has 2 heteroatoms. The van der Waals surface area contributed by atoms with Crippen molar-refractivity contribution < 1.29 is 10.2 Å². The van der Waals surface area contributed by atoms with Crippen molar-refractivity contribution in [1.29, 1.82) is 0 Å². The molecule has 0 aliphatic rings. The Balaban J connectivity index is 0. The van der Waals surface area contributed by atoms with Gasteiger partial charge in [-0.15, -0.1) is 0 Å². The van der Waals surface area contributed by atoms with Gasteiger partial charge >= 0.3 is 0 Å². The van der Waals surface area contributed by atoms with E-state index in [4.69, 9.17) is 10.2 Å². The van der Waals surface area contributed by atoms with Crippen LogP contribution in [0.25, 0.3) is 0 Å². The van der Waals surface area contributed by atoms with E-state index in [0.717, 1.165) is 51.4 Å². The third-order valence-electron chi connectivity index (χ3n) is 5.12. The minimum atomic E-state index is 0.162. The minimum absolute atomic E-state index is 0.162. The van der Waals surface area contributed by atoms with Crippen molar-refractivity contribution in [3.05, 3.63) is 69.9 Å². The van der Waals surface area contributed by atoms with Gasteiger partial charge in [-0.3, -0.25) is 0 Å². The maximum atomic E-state index is 8.72. The molecular formula is C30H52O2. The van der Waals surface area contributed by atoms with Gasteiger partial charge in [0.2, 0.25) is 0 Å². The first-order chi connectivity index (χ1) is 15.1. The number of rotatable bonds is 14. The summed E-state index contributed by atoms with van der Waals surface area (Å²) in [7, 11) is 0. The normalized spacial score (nSPS) is 12.8. The number of aliphatic hydroxyl groups is 2. The quantitative estimate of drug-likeness (QED) is 0.263. The lowest BCUT2D eigenvalue weighted by atomic mass is 10.1. The fourth-order valence-electron chi connectivity index (χ4n) is 2.99. The van der Waals surface area contributed by atoms with E-state index in [2.05, 4.69) is 79.7 Å². The van der Waals surface area contributed by atoms with E-state index in [9.17, 15) is 0 Å². The van der Waals surface area contributed by atoms with Gasteiger partial charge in [0.05, 0.1) is 13.2 Å². The van der Waals surface area contributed by atoms with E-state index in [-0.39, 0.29) is 13.2 Å². The molecule has 0 saturated carbocycles. The van der Waals surface area contributed by atoms with Crippen LogP contribution in [0.15, 0.2) is 69.9 Å². The summed E-state index contributed by atoms with van der Waals surface area (Å²) in [6, 6.07) is 0. The first-order valence-electron chi connectivity index (χ1n) is 12.2. The molecule has 0 radical (unpaired) electrons. The summed E-state index contributed by atoms with van der Waals surface area (Å²) in [4.78, 5) is 0. The summed E-state index contributed by atoms with van der Waals surface area (Å²) < 4.78 is 0. The van der Waals surface area contributed by atoms with Crippen LogP contribution in [0.1, 0.15) is 107 Å². The van der Waals surface area contributed by atoms with Crippen LogP contribution in [0, 0.1) is 0 Å². The SMILES string of the molecule is CC(C)=CCC/C(C)=C/CC/C(C)=C/CO.CC(C)=CCC/C(C)=C/CC/C(C)=C\CO. The van der Waals surface area contributed by atoms with Crippen LogP contribution in [-0.4, -0.2) is 23.4 Å². The highest BCUT2D eigenvalue weighted by atomic mass is 16.3. The highest BCUT2D eigenvalue weighted by molar-refractivity contribution is 5.06. The maximum Gasteiger partial charge on any atom is 0.0614 e. The van der Waals surface area contributed by atoms with Crippen LogP contribution >= 0.6 is 0 Å². The largest absolute Gasteiger partial charge is 0.392 e. The van der Waals surface area contributed by atoms with Crippen molar-refractivity contribution in [3.8, 4) is 0 Å². The average molecular weight is 445 g/mol. The topological polar surface area (TPSA) is 40.5 Å². The number of hydrogen-bond acceptors (Lipinski definition) is 2. The van der Waals surface area contributed by atoms with Gasteiger partial charge in [0.15, 0.2) is 0 Å². The smallest absolute Gasteiger partial charge is 0.0614 e. The lowest BCUT2D eigenvalue weighted by molar-refractivity contribution is 0.341. The Hall–Kier alpha value is -1.64. The van der Waals surface area contributed by atoms with Crippen molar-refractivity contribution in [3.63, 3.8) is 0 Å². The van der Waals surface area contributed by atoms with Gasteiger partial charge in [-0.05, 0) is 107 Å². The van der Waals surface area contributed by atoms with Gasteiger partial charge in [-0.1, -0.05) is 69.9 Å². The molecular weight excluding hydrogens is 392 g/mol. The lowest BCUT2D eigenvalue weighted by Crippen LogP contribution is -1.82. The first kappa shape index (κ1) is 32.5. The van der Waals surface area contributed by atoms with E-state index in [1.165, 1.54) is 33.4 Å². The number of allylic oxidation sites excluding steroid dienone is 10. The predicted molar refractivity (Wildman–Crippen MR) is 145 cm³/mol. The van der Waals surface area contributed by atoms with Gasteiger partial charge in [0, 0.05) is 0 Å². The molecule has 184 valence electrons. The molecule has 32 heavy (non-hydrogen) atoms. The van der Waals surface area contributed by atoms with Gasteiger partial charge in [-0.25, -0.2) is 0 Å². The highest BCUT2D eigenvalue weighted by Gasteiger charge is 1.92. The van der Waals surface area contributed by atoms with E-state index in [1.54, 1.807) is 0 Å². The van der Waals surface area contributed by atoms with Gasteiger partial charge in [-0.2, -0.15) is 0 Å². The minimum Gasteiger partial charge on any atom is -0.392 e. The van der Waals surface area contributed by atoms with Crippen molar-refractivity contribution >= 4 is 0 Å². The van der Waals surface area contributed by atoms with Crippen LogP contribution in [-0.2, 0) is 0 Å². The molecule has 0 saturated heterocycles. The zero-order chi connectivity index (χ0) is 24.8. The van der Waals surface area contributed by atoms with Crippen molar-refractivity contribution in [2.45, 2.75) is 107 Å². The molecule has 0 amide bonds. The van der Waals surface area contributed by atoms with E-state index in [1.807, 2.05) is 12.2 Å². The molecule has 0 rings (SSSR count). The Bertz CT molecular complexity index is 588. The van der Waals surface area contributed by atoms with E-state index < -0.39 is 0 Å². The second kappa shape index (κ2) is 22.6. The van der Waals surface area contributed by atoms with Gasteiger partial charge in [0.1, 0.15) is 0 Å². The Morgan fingerprint density at radius 2 is 0.656 bits per heavy atom. The van der Waals surface area contributed by atoms with E-state index in [0.29, 0.717) is 0 Å². The zero-order valence-electron chi connectivity index (χ0n) is 22.4. The monoisotopic (exact) mass is 444 g/mol. The second-order valence-electron chi connectivity index (χ2n) is 9.28. The van der Waals surface area contributed by atoms with Crippen molar-refractivity contribution in [2.75, 3.05) is 13.2 Å². The van der Waals surface area contributed by atoms with Crippen LogP contribution in [0.3, 0.4) is 0 Å². The first-order valence-corrected chi connectivity index (χ1v) is 12.2. The molecule has 0 aromatic carbocycles. The zero-order valence-corrected chi connectivity index (χ0v) is 22.4. The summed E-state index contributed by atoms with van der Waals surface area (Å²) in [6.07, 6.45) is 21.9. The lowest BCUT2D eigenvalue weighted by Gasteiger charge is -2.00. The molecule has 0 aromatic heterocycles. The number of hydrogen-bond donors (Lipinski definition) is 2. The summed E-state index contributed by atoms with van der Waals surface area (Å²) in [5, 5.41) is 17.4. The summed E-state index contributed by atoms with van der Waals surface area (Å²) >= 11 is 0. The molecule has 0 aromatic rings. The highest BCUT2D eigenvalue weighted by Crippen LogP contribution is 2.12. The average Bonchev–Trinajstić information content (AvgIpc) is 2.68. The molecule has 0 aliphatic heterocycles. The van der Waals surface area contributed by atoms with Crippen molar-refractivity contribution in [1.82, 2.24) is 0 Å². The molecule has 0 spiro atoms. The Labute approximate surface area is 200 Å². The molecule has 0 atom stereocenters. The Morgan fingerprint density at radius 3 is 0.906 bits per heavy atom. The third-order valence-corrected chi connectivity index (χ3v) is 5.12. The van der Waals surface area contributed by atoms with Gasteiger partial charge in [0.25, 0.3) is 0 Å². The van der Waals surface area contributed by atoms with Crippen molar-refractivity contribution in [2.24, 2.45) is 0 Å². The third kappa shape index (κ3) is 26.4. The number of aliphatic hydroxyl groups excluding tert-OH is 2. The molecule has 0 unspecified atom stereocenters. The molecule has 0 fully saturated rings. The second-order valence-corrected chi connectivity index (χ2v) is 9.28. The Kier molecular flexibility index (Phi) is 22.9. The molecule has 0 bridgehead atoms. The summed E-state index contributed by atoms with van der Waals surface area (Å²) in [5.41, 5.74) is 8.28. The summed E-state index contributed by atoms with van der Waals surface area (Å²) in [5.74, 6) is 0. The summed E-state index contributed by atoms with van der Waals surface area (Å²) in [6.45, 7) is 17.4. The van der Waals surface area contributed by atoms with Crippen LogP contribution < -0.4 is 0 Å². The standard InChI is InChI=1S/2C15H26O/c2*1-13(2)7-5-8-14(3)9-6-10-15(4)11-12-16/h2*7,9,11,16H,5-6,8,10,12H2,1-4H3/b14-9+,15-11+;14-9+,15-11-. The van der Waals surface area contributed by atoms with E-state index >= 15 is 0 Å². The Morgan fingerprint density at radius 1 is 0.406 bits per heavy atom. The molecule has 2 N–H and O–H groups in total.